The second-order valence-corrected chi connectivity index (χ2v) is 3.88. The average Bonchev–Trinajstić information content (AvgIpc) is 2.81. The van der Waals surface area contributed by atoms with Gasteiger partial charge in [0, 0.05) is 19.2 Å². The Labute approximate surface area is 93.9 Å². The van der Waals surface area contributed by atoms with Crippen LogP contribution < -0.4 is 10.5 Å². The predicted molar refractivity (Wildman–Crippen MR) is 60.2 cm³/mol. The Hall–Kier alpha value is -1.83. The fraction of sp³-hybridized carbons (Fsp3) is 0.545. The van der Waals surface area contributed by atoms with E-state index in [1.807, 2.05) is 6.07 Å². The molecule has 0 aromatic carbocycles. The molecule has 0 atom stereocenters. The highest BCUT2D eigenvalue weighted by Crippen LogP contribution is 2.16. The molecule has 1 aromatic heterocycles. The van der Waals surface area contributed by atoms with Crippen LogP contribution in [0.15, 0.2) is 17.1 Å². The number of nitrogens with zero attached hydrogens (tertiary/aromatic N) is 4. The van der Waals surface area contributed by atoms with Gasteiger partial charge in [-0.1, -0.05) is 0 Å². The highest BCUT2D eigenvalue weighted by atomic mass is 16.1. The monoisotopic (exact) mass is 218 g/mol. The lowest BCUT2D eigenvalue weighted by Gasteiger charge is -2.16. The molecule has 2 heterocycles. The molecule has 0 amide bonds. The van der Waals surface area contributed by atoms with Gasteiger partial charge in [-0.05, 0) is 12.8 Å². The first-order valence-corrected chi connectivity index (χ1v) is 5.50. The van der Waals surface area contributed by atoms with Gasteiger partial charge in [0.1, 0.15) is 0 Å². The zero-order valence-corrected chi connectivity index (χ0v) is 9.09. The molecule has 0 bridgehead atoms. The highest BCUT2D eigenvalue weighted by Gasteiger charge is 2.13. The fourth-order valence-corrected chi connectivity index (χ4v) is 1.90. The first-order valence-electron chi connectivity index (χ1n) is 5.50. The number of rotatable bonds is 3. The summed E-state index contributed by atoms with van der Waals surface area (Å²) in [4.78, 5) is 13.8. The molecule has 2 rings (SSSR count). The van der Waals surface area contributed by atoms with E-state index < -0.39 is 0 Å². The summed E-state index contributed by atoms with van der Waals surface area (Å²) >= 11 is 0. The maximum atomic E-state index is 11.7. The third kappa shape index (κ3) is 2.22. The maximum absolute atomic E-state index is 11.7. The van der Waals surface area contributed by atoms with Crippen LogP contribution in [0.4, 0.5) is 5.69 Å². The zero-order valence-electron chi connectivity index (χ0n) is 9.09. The van der Waals surface area contributed by atoms with Gasteiger partial charge in [-0.25, -0.2) is 4.68 Å². The third-order valence-corrected chi connectivity index (χ3v) is 2.76. The van der Waals surface area contributed by atoms with Crippen molar-refractivity contribution in [3.63, 3.8) is 0 Å². The van der Waals surface area contributed by atoms with Gasteiger partial charge in [0.25, 0.3) is 5.56 Å². The second-order valence-electron chi connectivity index (χ2n) is 3.88. The zero-order chi connectivity index (χ0) is 11.4. The van der Waals surface area contributed by atoms with Gasteiger partial charge in [0.2, 0.25) is 0 Å². The molecule has 0 spiro atoms. The van der Waals surface area contributed by atoms with Gasteiger partial charge >= 0.3 is 0 Å². The van der Waals surface area contributed by atoms with Gasteiger partial charge < -0.3 is 4.90 Å². The molecule has 1 aliphatic rings. The molecule has 1 fully saturated rings. The molecule has 84 valence electrons. The normalized spacial score (nSPS) is 15.1. The van der Waals surface area contributed by atoms with Crippen LogP contribution in [0.3, 0.4) is 0 Å². The van der Waals surface area contributed by atoms with E-state index in [2.05, 4.69) is 10.00 Å². The van der Waals surface area contributed by atoms with E-state index in [9.17, 15) is 4.79 Å². The molecule has 5 heteroatoms. The molecule has 0 saturated carbocycles. The molecule has 0 radical (unpaired) electrons. The van der Waals surface area contributed by atoms with Crippen molar-refractivity contribution in [2.45, 2.75) is 25.8 Å². The predicted octanol–water partition coefficient (Wildman–Crippen LogP) is 0.757. The molecule has 1 aromatic rings. The van der Waals surface area contributed by atoms with E-state index in [-0.39, 0.29) is 5.56 Å². The van der Waals surface area contributed by atoms with Gasteiger partial charge in [0.05, 0.1) is 30.9 Å². The summed E-state index contributed by atoms with van der Waals surface area (Å²) in [6.45, 7) is 2.38. The largest absolute Gasteiger partial charge is 0.370 e. The van der Waals surface area contributed by atoms with Crippen molar-refractivity contribution in [3.8, 4) is 6.07 Å². The van der Waals surface area contributed by atoms with Gasteiger partial charge in [-0.2, -0.15) is 10.4 Å². The minimum Gasteiger partial charge on any atom is -0.370 e. The van der Waals surface area contributed by atoms with Crippen molar-refractivity contribution in [2.24, 2.45) is 0 Å². The van der Waals surface area contributed by atoms with Crippen LogP contribution >= 0.6 is 0 Å². The minimum absolute atomic E-state index is 0.125. The Morgan fingerprint density at radius 1 is 1.44 bits per heavy atom. The Bertz CT molecular complexity index is 454. The lowest BCUT2D eigenvalue weighted by Crippen LogP contribution is -2.26. The van der Waals surface area contributed by atoms with Crippen molar-refractivity contribution >= 4 is 5.69 Å². The Kier molecular flexibility index (Phi) is 3.20. The lowest BCUT2D eigenvalue weighted by atomic mass is 10.4. The summed E-state index contributed by atoms with van der Waals surface area (Å²) in [5.41, 5.74) is 0.773. The Morgan fingerprint density at radius 2 is 2.19 bits per heavy atom. The van der Waals surface area contributed by atoms with Crippen LogP contribution in [-0.4, -0.2) is 22.9 Å². The standard InChI is InChI=1S/C11H14N4O/c12-4-3-7-15-11(16)8-10(9-13-15)14-5-1-2-6-14/h8-9H,1-3,5-7H2. The molecule has 16 heavy (non-hydrogen) atoms. The summed E-state index contributed by atoms with van der Waals surface area (Å²) in [6, 6.07) is 3.61. The molecular formula is C11H14N4O. The van der Waals surface area contributed by atoms with E-state index in [0.29, 0.717) is 13.0 Å². The van der Waals surface area contributed by atoms with E-state index >= 15 is 0 Å². The first-order chi connectivity index (χ1) is 7.81. The summed E-state index contributed by atoms with van der Waals surface area (Å²) < 4.78 is 1.34. The summed E-state index contributed by atoms with van der Waals surface area (Å²) in [5, 5.41) is 12.5. The molecule has 1 saturated heterocycles. The SMILES string of the molecule is N#CCCn1ncc(N2CCCC2)cc1=O. The molecule has 0 aliphatic carbocycles. The lowest BCUT2D eigenvalue weighted by molar-refractivity contribution is 0.588. The second kappa shape index (κ2) is 4.79. The van der Waals surface area contributed by atoms with Crippen LogP contribution in [0.1, 0.15) is 19.3 Å². The topological polar surface area (TPSA) is 61.9 Å². The Balaban J connectivity index is 2.16. The van der Waals surface area contributed by atoms with Crippen LogP contribution in [0.2, 0.25) is 0 Å². The number of anilines is 1. The van der Waals surface area contributed by atoms with Crippen molar-refractivity contribution < 1.29 is 0 Å². The van der Waals surface area contributed by atoms with Crippen LogP contribution in [0.25, 0.3) is 0 Å². The van der Waals surface area contributed by atoms with E-state index in [0.717, 1.165) is 18.8 Å². The molecule has 0 unspecified atom stereocenters. The first kappa shape index (κ1) is 10.7. The molecule has 1 aliphatic heterocycles. The highest BCUT2D eigenvalue weighted by molar-refractivity contribution is 5.43. The number of hydrogen-bond acceptors (Lipinski definition) is 4. The smallest absolute Gasteiger partial charge is 0.268 e. The molecular weight excluding hydrogens is 204 g/mol. The van der Waals surface area contributed by atoms with Crippen LogP contribution in [-0.2, 0) is 6.54 Å². The van der Waals surface area contributed by atoms with E-state index in [4.69, 9.17) is 5.26 Å². The number of aromatic nitrogens is 2. The van der Waals surface area contributed by atoms with Crippen molar-refractivity contribution in [1.82, 2.24) is 9.78 Å². The summed E-state index contributed by atoms with van der Waals surface area (Å²) in [7, 11) is 0. The van der Waals surface area contributed by atoms with E-state index in [1.54, 1.807) is 12.3 Å². The average molecular weight is 218 g/mol. The number of hydrogen-bond donors (Lipinski definition) is 0. The third-order valence-electron chi connectivity index (χ3n) is 2.76. The van der Waals surface area contributed by atoms with Crippen LogP contribution in [0.5, 0.6) is 0 Å². The Morgan fingerprint density at radius 3 is 2.81 bits per heavy atom. The quantitative estimate of drug-likeness (QED) is 0.751. The van der Waals surface area contributed by atoms with E-state index in [1.165, 1.54) is 17.5 Å². The summed E-state index contributed by atoms with van der Waals surface area (Å²) in [6.07, 6.45) is 4.38. The maximum Gasteiger partial charge on any atom is 0.268 e. The molecule has 0 N–H and O–H groups in total. The number of nitriles is 1. The van der Waals surface area contributed by atoms with Crippen molar-refractivity contribution in [3.05, 3.63) is 22.6 Å². The van der Waals surface area contributed by atoms with Gasteiger partial charge in [0.15, 0.2) is 0 Å². The number of aryl methyl sites for hydroxylation is 1. The van der Waals surface area contributed by atoms with Gasteiger partial charge in [-0.3, -0.25) is 4.79 Å². The molecule has 5 nitrogen and oxygen atoms in total. The van der Waals surface area contributed by atoms with Gasteiger partial charge in [-0.15, -0.1) is 0 Å². The summed E-state index contributed by atoms with van der Waals surface area (Å²) in [5.74, 6) is 0. The van der Waals surface area contributed by atoms with Crippen molar-refractivity contribution in [1.29, 1.82) is 5.26 Å². The van der Waals surface area contributed by atoms with Crippen LogP contribution in [0, 0.1) is 11.3 Å². The minimum atomic E-state index is -0.125. The van der Waals surface area contributed by atoms with Crippen molar-refractivity contribution in [2.75, 3.05) is 18.0 Å². The fourth-order valence-electron chi connectivity index (χ4n) is 1.90.